The molecule has 2 saturated heterocycles. The molecule has 4 rings (SSSR count). The van der Waals surface area contributed by atoms with E-state index < -0.39 is 0 Å². The fraction of sp³-hybridized carbons (Fsp3) is 0.450. The summed E-state index contributed by atoms with van der Waals surface area (Å²) in [4.78, 5) is 36.4. The molecule has 136 valence electrons. The van der Waals surface area contributed by atoms with E-state index in [4.69, 9.17) is 0 Å². The zero-order chi connectivity index (χ0) is 18.0. The summed E-state index contributed by atoms with van der Waals surface area (Å²) in [7, 11) is 0. The van der Waals surface area contributed by atoms with Crippen LogP contribution in [0.3, 0.4) is 0 Å². The van der Waals surface area contributed by atoms with Crippen LogP contribution in [0, 0.1) is 5.41 Å². The van der Waals surface area contributed by atoms with Crippen molar-refractivity contribution >= 4 is 11.8 Å². The number of nitrogens with one attached hydrogen (secondary N) is 1. The second kappa shape index (κ2) is 6.94. The first-order chi connectivity index (χ1) is 12.7. The second-order valence-electron chi connectivity index (χ2n) is 7.48. The van der Waals surface area contributed by atoms with Crippen molar-refractivity contribution in [2.24, 2.45) is 5.41 Å². The molecule has 2 aromatic rings. The SMILES string of the molecule is O=C1CCC2(CCCN(C(=O)c3ccc[nH]3)C2)CN1Cc1ccccn1. The minimum Gasteiger partial charge on any atom is -0.357 e. The van der Waals surface area contributed by atoms with Gasteiger partial charge in [-0.1, -0.05) is 6.07 Å². The van der Waals surface area contributed by atoms with Crippen molar-refractivity contribution in [3.8, 4) is 0 Å². The molecule has 0 radical (unpaired) electrons. The lowest BCUT2D eigenvalue weighted by Crippen LogP contribution is -2.54. The van der Waals surface area contributed by atoms with Gasteiger partial charge < -0.3 is 14.8 Å². The first kappa shape index (κ1) is 16.8. The molecule has 0 saturated carbocycles. The van der Waals surface area contributed by atoms with Crippen molar-refractivity contribution in [1.29, 1.82) is 0 Å². The standard InChI is InChI=1S/C20H24N4O2/c25-18-7-9-20(15-24(18)13-16-5-1-2-10-21-16)8-4-12-23(14-20)19(26)17-6-3-11-22-17/h1-3,5-6,10-11,22H,4,7-9,12-15H2. The molecule has 1 N–H and O–H groups in total. The van der Waals surface area contributed by atoms with E-state index in [1.807, 2.05) is 40.1 Å². The molecule has 1 unspecified atom stereocenters. The third-order valence-corrected chi connectivity index (χ3v) is 5.60. The van der Waals surface area contributed by atoms with E-state index in [2.05, 4.69) is 9.97 Å². The highest BCUT2D eigenvalue weighted by Gasteiger charge is 2.42. The Balaban J connectivity index is 1.48. The summed E-state index contributed by atoms with van der Waals surface area (Å²) >= 11 is 0. The molecule has 4 heterocycles. The number of carbonyl (C=O) groups is 2. The number of likely N-dealkylation sites (tertiary alicyclic amines) is 2. The molecule has 2 aliphatic rings. The van der Waals surface area contributed by atoms with Crippen molar-refractivity contribution in [1.82, 2.24) is 19.8 Å². The molecule has 6 nitrogen and oxygen atoms in total. The summed E-state index contributed by atoms with van der Waals surface area (Å²) in [6, 6.07) is 9.46. The van der Waals surface area contributed by atoms with E-state index in [1.165, 1.54) is 0 Å². The Hall–Kier alpha value is -2.63. The fourth-order valence-corrected chi connectivity index (χ4v) is 4.28. The third-order valence-electron chi connectivity index (χ3n) is 5.60. The molecule has 2 aromatic heterocycles. The molecule has 2 fully saturated rings. The molecule has 2 aliphatic heterocycles. The lowest BCUT2D eigenvalue weighted by atomic mass is 9.73. The van der Waals surface area contributed by atoms with Gasteiger partial charge in [0, 0.05) is 43.9 Å². The number of hydrogen-bond donors (Lipinski definition) is 1. The molecule has 6 heteroatoms. The minimum absolute atomic E-state index is 0.00317. The van der Waals surface area contributed by atoms with Crippen LogP contribution in [0.1, 0.15) is 41.9 Å². The highest BCUT2D eigenvalue weighted by Crippen LogP contribution is 2.39. The number of piperidine rings is 2. The Morgan fingerprint density at radius 2 is 2.12 bits per heavy atom. The van der Waals surface area contributed by atoms with Crippen LogP contribution in [0.15, 0.2) is 42.7 Å². The van der Waals surface area contributed by atoms with Gasteiger partial charge in [-0.05, 0) is 43.5 Å². The number of aromatic amines is 1. The Morgan fingerprint density at radius 3 is 2.88 bits per heavy atom. The first-order valence-electron chi connectivity index (χ1n) is 9.26. The summed E-state index contributed by atoms with van der Waals surface area (Å²) in [5.41, 5.74) is 1.55. The first-order valence-corrected chi connectivity index (χ1v) is 9.26. The highest BCUT2D eigenvalue weighted by atomic mass is 16.2. The molecule has 0 aromatic carbocycles. The Kier molecular flexibility index (Phi) is 4.49. The van der Waals surface area contributed by atoms with Gasteiger partial charge in [-0.2, -0.15) is 0 Å². The largest absolute Gasteiger partial charge is 0.357 e. The van der Waals surface area contributed by atoms with Gasteiger partial charge in [0.1, 0.15) is 5.69 Å². The van der Waals surface area contributed by atoms with Gasteiger partial charge in [0.15, 0.2) is 0 Å². The molecule has 1 atom stereocenters. The van der Waals surface area contributed by atoms with Crippen LogP contribution >= 0.6 is 0 Å². The summed E-state index contributed by atoms with van der Waals surface area (Å²) < 4.78 is 0. The van der Waals surface area contributed by atoms with E-state index in [0.29, 0.717) is 25.2 Å². The maximum atomic E-state index is 12.7. The molecule has 0 aliphatic carbocycles. The van der Waals surface area contributed by atoms with E-state index in [9.17, 15) is 9.59 Å². The zero-order valence-electron chi connectivity index (χ0n) is 14.9. The average molecular weight is 352 g/mol. The molecule has 0 bridgehead atoms. The average Bonchev–Trinajstić information content (AvgIpc) is 3.20. The van der Waals surface area contributed by atoms with Crippen LogP contribution < -0.4 is 0 Å². The van der Waals surface area contributed by atoms with E-state index in [1.54, 1.807) is 12.4 Å². The Labute approximate surface area is 153 Å². The predicted octanol–water partition coefficient (Wildman–Crippen LogP) is 2.45. The number of rotatable bonds is 3. The van der Waals surface area contributed by atoms with Crippen LogP contribution in [-0.4, -0.2) is 51.2 Å². The van der Waals surface area contributed by atoms with Gasteiger partial charge in [0.05, 0.1) is 12.2 Å². The minimum atomic E-state index is 0.00317. The molecular weight excluding hydrogens is 328 g/mol. The van der Waals surface area contributed by atoms with Gasteiger partial charge in [-0.25, -0.2) is 0 Å². The van der Waals surface area contributed by atoms with Gasteiger partial charge in [-0.15, -0.1) is 0 Å². The van der Waals surface area contributed by atoms with Crippen LogP contribution in [-0.2, 0) is 11.3 Å². The number of carbonyl (C=O) groups excluding carboxylic acids is 2. The quantitative estimate of drug-likeness (QED) is 0.922. The molecule has 1 spiro atoms. The molecular formula is C20H24N4O2. The van der Waals surface area contributed by atoms with Crippen LogP contribution in [0.4, 0.5) is 0 Å². The van der Waals surface area contributed by atoms with Crippen LogP contribution in [0.5, 0.6) is 0 Å². The van der Waals surface area contributed by atoms with E-state index >= 15 is 0 Å². The summed E-state index contributed by atoms with van der Waals surface area (Å²) in [5.74, 6) is 0.247. The van der Waals surface area contributed by atoms with Gasteiger partial charge in [0.25, 0.3) is 5.91 Å². The monoisotopic (exact) mass is 352 g/mol. The number of H-pyrrole nitrogens is 1. The summed E-state index contributed by atoms with van der Waals surface area (Å²) in [5, 5.41) is 0. The third kappa shape index (κ3) is 3.36. The summed E-state index contributed by atoms with van der Waals surface area (Å²) in [6.07, 6.45) is 7.00. The number of aromatic nitrogens is 2. The number of pyridine rings is 1. The van der Waals surface area contributed by atoms with E-state index in [-0.39, 0.29) is 17.2 Å². The lowest BCUT2D eigenvalue weighted by molar-refractivity contribution is -0.139. The normalized spacial score (nSPS) is 23.5. The number of hydrogen-bond acceptors (Lipinski definition) is 3. The van der Waals surface area contributed by atoms with Gasteiger partial charge in [0.2, 0.25) is 5.91 Å². The zero-order valence-corrected chi connectivity index (χ0v) is 14.9. The van der Waals surface area contributed by atoms with Crippen molar-refractivity contribution in [3.05, 3.63) is 54.1 Å². The number of amides is 2. The van der Waals surface area contributed by atoms with Crippen molar-refractivity contribution < 1.29 is 9.59 Å². The molecule has 2 amide bonds. The Morgan fingerprint density at radius 1 is 1.19 bits per heavy atom. The predicted molar refractivity (Wildman–Crippen MR) is 97.3 cm³/mol. The van der Waals surface area contributed by atoms with Gasteiger partial charge >= 0.3 is 0 Å². The van der Waals surface area contributed by atoms with Crippen LogP contribution in [0.25, 0.3) is 0 Å². The second-order valence-corrected chi connectivity index (χ2v) is 7.48. The van der Waals surface area contributed by atoms with Gasteiger partial charge in [-0.3, -0.25) is 14.6 Å². The maximum Gasteiger partial charge on any atom is 0.270 e. The smallest absolute Gasteiger partial charge is 0.270 e. The lowest BCUT2D eigenvalue weighted by Gasteiger charge is -2.48. The topological polar surface area (TPSA) is 69.3 Å². The van der Waals surface area contributed by atoms with Crippen molar-refractivity contribution in [2.75, 3.05) is 19.6 Å². The number of nitrogens with zero attached hydrogens (tertiary/aromatic N) is 3. The summed E-state index contributed by atoms with van der Waals surface area (Å²) in [6.45, 7) is 2.76. The fourth-order valence-electron chi connectivity index (χ4n) is 4.28. The highest BCUT2D eigenvalue weighted by molar-refractivity contribution is 5.92. The Bertz CT molecular complexity index is 774. The maximum absolute atomic E-state index is 12.7. The van der Waals surface area contributed by atoms with Crippen molar-refractivity contribution in [3.63, 3.8) is 0 Å². The van der Waals surface area contributed by atoms with E-state index in [0.717, 1.165) is 38.0 Å². The molecule has 26 heavy (non-hydrogen) atoms. The van der Waals surface area contributed by atoms with Crippen LogP contribution in [0.2, 0.25) is 0 Å². The van der Waals surface area contributed by atoms with Crippen molar-refractivity contribution in [2.45, 2.75) is 32.2 Å².